The van der Waals surface area contributed by atoms with Crippen LogP contribution in [-0.4, -0.2) is 27.2 Å². The topological polar surface area (TPSA) is 67.9 Å². The summed E-state index contributed by atoms with van der Waals surface area (Å²) in [5.41, 5.74) is 11.7. The van der Waals surface area contributed by atoms with E-state index < -0.39 is 0 Å². The standard InChI is InChI=1S/C14H19N5S2/c1-4-10-11(5-2)17-18-14(12(10)13(15)20)19(3)6-9-7-21-8-16-9/h7-8H,4-6H2,1-3H3,(H2,15,20). The molecule has 2 aromatic rings. The van der Waals surface area contributed by atoms with Gasteiger partial charge < -0.3 is 10.6 Å². The molecule has 2 heterocycles. The minimum absolute atomic E-state index is 0.372. The van der Waals surface area contributed by atoms with Crippen LogP contribution >= 0.6 is 23.6 Å². The molecule has 0 atom stereocenters. The van der Waals surface area contributed by atoms with E-state index in [4.69, 9.17) is 18.0 Å². The average molecular weight is 321 g/mol. The highest BCUT2D eigenvalue weighted by molar-refractivity contribution is 7.80. The molecular weight excluding hydrogens is 302 g/mol. The third kappa shape index (κ3) is 3.36. The molecule has 0 spiro atoms. The van der Waals surface area contributed by atoms with Gasteiger partial charge in [0.25, 0.3) is 0 Å². The Bertz CT molecular complexity index is 625. The molecule has 0 aliphatic heterocycles. The van der Waals surface area contributed by atoms with Gasteiger partial charge in [-0.25, -0.2) is 4.98 Å². The molecule has 0 aliphatic rings. The van der Waals surface area contributed by atoms with Gasteiger partial charge in [-0.05, 0) is 18.4 Å². The predicted octanol–water partition coefficient (Wildman–Crippen LogP) is 2.33. The van der Waals surface area contributed by atoms with E-state index >= 15 is 0 Å². The van der Waals surface area contributed by atoms with Crippen molar-refractivity contribution in [3.63, 3.8) is 0 Å². The number of thiazole rings is 1. The SMILES string of the molecule is CCc1nnc(N(C)Cc2cscn2)c(C(N)=S)c1CC. The first kappa shape index (κ1) is 15.8. The Labute approximate surface area is 134 Å². The van der Waals surface area contributed by atoms with Crippen LogP contribution < -0.4 is 10.6 Å². The van der Waals surface area contributed by atoms with Crippen LogP contribution in [-0.2, 0) is 19.4 Å². The van der Waals surface area contributed by atoms with Crippen LogP contribution in [0.2, 0.25) is 0 Å². The molecule has 21 heavy (non-hydrogen) atoms. The van der Waals surface area contributed by atoms with E-state index in [1.54, 1.807) is 11.3 Å². The third-order valence-electron chi connectivity index (χ3n) is 3.32. The second-order valence-corrected chi connectivity index (χ2v) is 5.89. The quantitative estimate of drug-likeness (QED) is 0.824. The lowest BCUT2D eigenvalue weighted by molar-refractivity contribution is 0.812. The molecule has 0 fully saturated rings. The lowest BCUT2D eigenvalue weighted by Crippen LogP contribution is -2.26. The number of hydrogen-bond donors (Lipinski definition) is 1. The number of hydrogen-bond acceptors (Lipinski definition) is 6. The van der Waals surface area contributed by atoms with Crippen LogP contribution in [0.1, 0.15) is 36.4 Å². The van der Waals surface area contributed by atoms with E-state index in [0.29, 0.717) is 11.5 Å². The van der Waals surface area contributed by atoms with Crippen molar-refractivity contribution in [2.45, 2.75) is 33.2 Å². The predicted molar refractivity (Wildman–Crippen MR) is 90.9 cm³/mol. The summed E-state index contributed by atoms with van der Waals surface area (Å²) in [5, 5.41) is 10.7. The van der Waals surface area contributed by atoms with Gasteiger partial charge in [-0.15, -0.1) is 16.4 Å². The monoisotopic (exact) mass is 321 g/mol. The number of nitrogens with two attached hydrogens (primary N) is 1. The van der Waals surface area contributed by atoms with Crippen molar-refractivity contribution >= 4 is 34.4 Å². The Balaban J connectivity index is 2.45. The van der Waals surface area contributed by atoms with Crippen molar-refractivity contribution in [2.24, 2.45) is 5.73 Å². The highest BCUT2D eigenvalue weighted by atomic mass is 32.1. The number of anilines is 1. The van der Waals surface area contributed by atoms with Crippen molar-refractivity contribution in [1.82, 2.24) is 15.2 Å². The minimum atomic E-state index is 0.372. The number of nitrogens with zero attached hydrogens (tertiary/aromatic N) is 4. The number of aryl methyl sites for hydroxylation is 1. The van der Waals surface area contributed by atoms with E-state index in [2.05, 4.69) is 29.0 Å². The Morgan fingerprint density at radius 1 is 1.33 bits per heavy atom. The Kier molecular flexibility index (Phi) is 5.19. The van der Waals surface area contributed by atoms with Gasteiger partial charge in [0.05, 0.1) is 29.0 Å². The van der Waals surface area contributed by atoms with Crippen LogP contribution in [0.5, 0.6) is 0 Å². The van der Waals surface area contributed by atoms with Crippen molar-refractivity contribution in [2.75, 3.05) is 11.9 Å². The van der Waals surface area contributed by atoms with Crippen LogP contribution in [0.4, 0.5) is 5.82 Å². The number of thiocarbonyl (C=S) groups is 1. The molecule has 2 aromatic heterocycles. The summed E-state index contributed by atoms with van der Waals surface area (Å²) in [7, 11) is 1.95. The Morgan fingerprint density at radius 2 is 2.10 bits per heavy atom. The minimum Gasteiger partial charge on any atom is -0.389 e. The molecule has 0 aromatic carbocycles. The molecule has 0 radical (unpaired) electrons. The molecule has 0 amide bonds. The smallest absolute Gasteiger partial charge is 0.161 e. The van der Waals surface area contributed by atoms with E-state index in [-0.39, 0.29) is 0 Å². The highest BCUT2D eigenvalue weighted by Crippen LogP contribution is 2.24. The zero-order valence-corrected chi connectivity index (χ0v) is 14.1. The zero-order chi connectivity index (χ0) is 15.4. The van der Waals surface area contributed by atoms with E-state index in [1.807, 2.05) is 22.8 Å². The number of rotatable bonds is 6. The van der Waals surface area contributed by atoms with Gasteiger partial charge in [0.2, 0.25) is 0 Å². The van der Waals surface area contributed by atoms with E-state index in [0.717, 1.165) is 41.2 Å². The molecule has 0 saturated carbocycles. The fourth-order valence-electron chi connectivity index (χ4n) is 2.32. The van der Waals surface area contributed by atoms with Gasteiger partial charge in [-0.1, -0.05) is 26.1 Å². The molecule has 0 saturated heterocycles. The van der Waals surface area contributed by atoms with Crippen LogP contribution in [0, 0.1) is 0 Å². The molecule has 7 heteroatoms. The van der Waals surface area contributed by atoms with Crippen molar-refractivity contribution in [3.8, 4) is 0 Å². The molecule has 0 aliphatic carbocycles. The molecule has 0 bridgehead atoms. The van der Waals surface area contributed by atoms with E-state index in [1.165, 1.54) is 0 Å². The van der Waals surface area contributed by atoms with Crippen molar-refractivity contribution in [3.05, 3.63) is 33.4 Å². The van der Waals surface area contributed by atoms with Crippen LogP contribution in [0.25, 0.3) is 0 Å². The summed E-state index contributed by atoms with van der Waals surface area (Å²) in [6.07, 6.45) is 1.66. The van der Waals surface area contributed by atoms with Gasteiger partial charge in [-0.3, -0.25) is 0 Å². The first-order chi connectivity index (χ1) is 10.1. The van der Waals surface area contributed by atoms with Gasteiger partial charge in [-0.2, -0.15) is 5.10 Å². The van der Waals surface area contributed by atoms with Crippen molar-refractivity contribution in [1.29, 1.82) is 0 Å². The van der Waals surface area contributed by atoms with Crippen LogP contribution in [0.15, 0.2) is 10.9 Å². The molecule has 2 N–H and O–H groups in total. The lowest BCUT2D eigenvalue weighted by Gasteiger charge is -2.22. The largest absolute Gasteiger partial charge is 0.389 e. The second-order valence-electron chi connectivity index (χ2n) is 4.73. The summed E-state index contributed by atoms with van der Waals surface area (Å²) in [4.78, 5) is 6.66. The first-order valence-electron chi connectivity index (χ1n) is 6.84. The summed E-state index contributed by atoms with van der Waals surface area (Å²) < 4.78 is 0. The van der Waals surface area contributed by atoms with Gasteiger partial charge in [0, 0.05) is 12.4 Å². The maximum atomic E-state index is 5.95. The fourth-order valence-corrected chi connectivity index (χ4v) is 3.09. The Morgan fingerprint density at radius 3 is 2.62 bits per heavy atom. The normalized spacial score (nSPS) is 10.6. The lowest BCUT2D eigenvalue weighted by atomic mass is 10.0. The summed E-state index contributed by atoms with van der Waals surface area (Å²) in [6.45, 7) is 4.80. The maximum absolute atomic E-state index is 5.95. The van der Waals surface area contributed by atoms with Gasteiger partial charge >= 0.3 is 0 Å². The molecule has 0 unspecified atom stereocenters. The average Bonchev–Trinajstić information content (AvgIpc) is 2.98. The third-order valence-corrected chi connectivity index (χ3v) is 4.16. The van der Waals surface area contributed by atoms with Gasteiger partial charge in [0.1, 0.15) is 4.99 Å². The number of aromatic nitrogens is 3. The summed E-state index contributed by atoms with van der Waals surface area (Å²) in [6, 6.07) is 0. The van der Waals surface area contributed by atoms with Crippen LogP contribution in [0.3, 0.4) is 0 Å². The van der Waals surface area contributed by atoms with Crippen molar-refractivity contribution < 1.29 is 0 Å². The summed E-state index contributed by atoms with van der Waals surface area (Å²) in [5.74, 6) is 0.726. The van der Waals surface area contributed by atoms with E-state index in [9.17, 15) is 0 Å². The second kappa shape index (κ2) is 6.91. The fraction of sp³-hybridized carbons (Fsp3) is 0.429. The maximum Gasteiger partial charge on any atom is 0.161 e. The highest BCUT2D eigenvalue weighted by Gasteiger charge is 2.19. The summed E-state index contributed by atoms with van der Waals surface area (Å²) >= 11 is 6.82. The molecule has 5 nitrogen and oxygen atoms in total. The molecular formula is C14H19N5S2. The molecule has 2 rings (SSSR count). The zero-order valence-electron chi connectivity index (χ0n) is 12.5. The first-order valence-corrected chi connectivity index (χ1v) is 8.19. The molecule has 112 valence electrons. The van der Waals surface area contributed by atoms with Gasteiger partial charge in [0.15, 0.2) is 5.82 Å². The Hall–Kier alpha value is -1.60.